The normalized spacial score (nSPS) is 8.29. The van der Waals surface area contributed by atoms with E-state index in [9.17, 15) is 0 Å². The molecule has 1 aromatic heterocycles. The molecule has 2 nitrogen and oxygen atoms in total. The fraction of sp³-hybridized carbons (Fsp3) is 0. The molecule has 1 aromatic carbocycles. The molecule has 0 saturated heterocycles. The Morgan fingerprint density at radius 1 is 1.00 bits per heavy atom. The number of nitrogens with zero attached hydrogens (tertiary/aromatic N) is 2. The van der Waals surface area contributed by atoms with Gasteiger partial charge in [0.1, 0.15) is 0 Å². The second-order valence-electron chi connectivity index (χ2n) is 2.35. The predicted octanol–water partition coefficient (Wildman–Crippen LogP) is 1.94. The standard InChI is InChI=1S/C10H7N2.Y.Zn/c1-2-5-9(6-3-1)10-11-7-4-8-12-10;;/h1-5,7-8H;;/q-1;;. The summed E-state index contributed by atoms with van der Waals surface area (Å²) in [5.74, 6) is 0.720. The molecule has 0 N–H and O–H groups in total. The first-order chi connectivity index (χ1) is 5.97. The number of hydrogen-bond donors (Lipinski definition) is 0. The molecule has 0 aliphatic carbocycles. The zero-order valence-corrected chi connectivity index (χ0v) is 13.5. The number of aromatic nitrogens is 2. The topological polar surface area (TPSA) is 25.8 Å². The van der Waals surface area contributed by atoms with Gasteiger partial charge in [0.25, 0.3) is 0 Å². The van der Waals surface area contributed by atoms with Crippen molar-refractivity contribution < 1.29 is 52.2 Å². The SMILES string of the molecule is [Y].[Zn].[c-]1ccccc1-c1ncccn1. The molecule has 63 valence electrons. The Labute approximate surface area is 121 Å². The Kier molecular flexibility index (Phi) is 7.35. The van der Waals surface area contributed by atoms with Crippen LogP contribution in [0.5, 0.6) is 0 Å². The average Bonchev–Trinajstić information content (AvgIpc) is 2.21. The molecule has 2 rings (SSSR count). The van der Waals surface area contributed by atoms with E-state index in [1.807, 2.05) is 24.3 Å². The van der Waals surface area contributed by atoms with Crippen LogP contribution in [0, 0.1) is 6.07 Å². The van der Waals surface area contributed by atoms with Crippen LogP contribution in [0.1, 0.15) is 0 Å². The Balaban J connectivity index is 0.000000845. The van der Waals surface area contributed by atoms with Gasteiger partial charge in [0.2, 0.25) is 0 Å². The Morgan fingerprint density at radius 2 is 1.71 bits per heavy atom. The molecule has 0 unspecified atom stereocenters. The van der Waals surface area contributed by atoms with E-state index in [-0.39, 0.29) is 52.2 Å². The fourth-order valence-corrected chi connectivity index (χ4v) is 0.971. The predicted molar refractivity (Wildman–Crippen MR) is 46.3 cm³/mol. The van der Waals surface area contributed by atoms with Crippen LogP contribution >= 0.6 is 0 Å². The fourth-order valence-electron chi connectivity index (χ4n) is 0.971. The first-order valence-corrected chi connectivity index (χ1v) is 3.71. The Hall–Kier alpha value is 0.0273. The molecule has 1 heterocycles. The van der Waals surface area contributed by atoms with Crippen molar-refractivity contribution in [1.82, 2.24) is 9.97 Å². The van der Waals surface area contributed by atoms with Crippen molar-refractivity contribution in [3.05, 3.63) is 48.8 Å². The summed E-state index contributed by atoms with van der Waals surface area (Å²) in [6, 6.07) is 12.5. The van der Waals surface area contributed by atoms with Crippen molar-refractivity contribution >= 4 is 0 Å². The smallest absolute Gasteiger partial charge is 0.0748 e. The molecule has 2 aromatic rings. The van der Waals surface area contributed by atoms with Gasteiger partial charge in [-0.2, -0.15) is 0 Å². The van der Waals surface area contributed by atoms with Crippen molar-refractivity contribution in [3.63, 3.8) is 0 Å². The molecule has 0 bridgehead atoms. The summed E-state index contributed by atoms with van der Waals surface area (Å²) in [6.07, 6.45) is 3.45. The summed E-state index contributed by atoms with van der Waals surface area (Å²) in [6.45, 7) is 0. The van der Waals surface area contributed by atoms with Gasteiger partial charge in [-0.1, -0.05) is 0 Å². The molecule has 0 aliphatic rings. The molecule has 0 saturated carbocycles. The van der Waals surface area contributed by atoms with E-state index in [0.29, 0.717) is 0 Å². The van der Waals surface area contributed by atoms with Crippen molar-refractivity contribution in [2.75, 3.05) is 0 Å². The maximum absolute atomic E-state index is 4.11. The minimum atomic E-state index is 0. The van der Waals surface area contributed by atoms with Crippen LogP contribution in [0.25, 0.3) is 11.4 Å². The van der Waals surface area contributed by atoms with E-state index >= 15 is 0 Å². The van der Waals surface area contributed by atoms with E-state index in [0.717, 1.165) is 11.4 Å². The molecule has 0 atom stereocenters. The van der Waals surface area contributed by atoms with Gasteiger partial charge in [-0.25, -0.2) is 0 Å². The first kappa shape index (κ1) is 14.0. The zero-order valence-electron chi connectivity index (χ0n) is 7.72. The zero-order chi connectivity index (χ0) is 8.23. The second kappa shape index (κ2) is 7.34. The van der Waals surface area contributed by atoms with Gasteiger partial charge in [0, 0.05) is 64.6 Å². The summed E-state index contributed by atoms with van der Waals surface area (Å²) in [5, 5.41) is 0. The number of rotatable bonds is 1. The van der Waals surface area contributed by atoms with Gasteiger partial charge in [-0.15, -0.1) is 35.9 Å². The molecule has 0 aliphatic heterocycles. The quantitative estimate of drug-likeness (QED) is 0.594. The van der Waals surface area contributed by atoms with E-state index in [4.69, 9.17) is 0 Å². The molecule has 0 fully saturated rings. The van der Waals surface area contributed by atoms with Crippen LogP contribution in [0.15, 0.2) is 42.7 Å². The minimum Gasteiger partial charge on any atom is -0.285 e. The summed E-state index contributed by atoms with van der Waals surface area (Å²) < 4.78 is 0. The largest absolute Gasteiger partial charge is 0.285 e. The average molecular weight is 309 g/mol. The van der Waals surface area contributed by atoms with E-state index in [1.165, 1.54) is 0 Å². The number of hydrogen-bond acceptors (Lipinski definition) is 2. The number of benzene rings is 1. The van der Waals surface area contributed by atoms with Gasteiger partial charge in [0.15, 0.2) is 0 Å². The molecular weight excluding hydrogens is 302 g/mol. The third-order valence-electron chi connectivity index (χ3n) is 1.52. The van der Waals surface area contributed by atoms with Crippen LogP contribution in [0.3, 0.4) is 0 Å². The van der Waals surface area contributed by atoms with Crippen LogP contribution in [0.2, 0.25) is 0 Å². The third-order valence-corrected chi connectivity index (χ3v) is 1.52. The maximum Gasteiger partial charge on any atom is 0.0748 e. The Bertz CT molecular complexity index is 316. The molecule has 1 radical (unpaired) electrons. The minimum absolute atomic E-state index is 0. The van der Waals surface area contributed by atoms with Gasteiger partial charge in [-0.3, -0.25) is 9.97 Å². The molecular formula is C10H7N2YZn-. The van der Waals surface area contributed by atoms with Gasteiger partial charge in [-0.05, 0) is 6.07 Å². The summed E-state index contributed by atoms with van der Waals surface area (Å²) in [5.41, 5.74) is 0.929. The van der Waals surface area contributed by atoms with E-state index < -0.39 is 0 Å². The maximum atomic E-state index is 4.11. The first-order valence-electron chi connectivity index (χ1n) is 3.71. The van der Waals surface area contributed by atoms with Crippen molar-refractivity contribution in [2.24, 2.45) is 0 Å². The van der Waals surface area contributed by atoms with Gasteiger partial charge >= 0.3 is 0 Å². The van der Waals surface area contributed by atoms with Crippen molar-refractivity contribution in [1.29, 1.82) is 0 Å². The van der Waals surface area contributed by atoms with Crippen LogP contribution < -0.4 is 0 Å². The van der Waals surface area contributed by atoms with Crippen LogP contribution in [-0.4, -0.2) is 9.97 Å². The van der Waals surface area contributed by atoms with Gasteiger partial charge in [0.05, 0.1) is 5.82 Å². The monoisotopic (exact) mass is 308 g/mol. The van der Waals surface area contributed by atoms with Crippen LogP contribution in [-0.2, 0) is 52.2 Å². The summed E-state index contributed by atoms with van der Waals surface area (Å²) in [7, 11) is 0. The third kappa shape index (κ3) is 3.65. The Morgan fingerprint density at radius 3 is 2.29 bits per heavy atom. The van der Waals surface area contributed by atoms with Crippen molar-refractivity contribution in [3.8, 4) is 11.4 Å². The summed E-state index contributed by atoms with van der Waals surface area (Å²) in [4.78, 5) is 8.21. The van der Waals surface area contributed by atoms with E-state index in [2.05, 4.69) is 16.0 Å². The molecule has 14 heavy (non-hydrogen) atoms. The molecule has 0 amide bonds. The van der Waals surface area contributed by atoms with Crippen LogP contribution in [0.4, 0.5) is 0 Å². The van der Waals surface area contributed by atoms with E-state index in [1.54, 1.807) is 18.5 Å². The summed E-state index contributed by atoms with van der Waals surface area (Å²) >= 11 is 0. The molecule has 0 spiro atoms. The van der Waals surface area contributed by atoms with Crippen molar-refractivity contribution in [2.45, 2.75) is 0 Å². The molecule has 4 heteroatoms. The van der Waals surface area contributed by atoms with Gasteiger partial charge < -0.3 is 0 Å². The second-order valence-corrected chi connectivity index (χ2v) is 2.35.